The number of aliphatic hydroxyl groups excluding tert-OH is 1. The second-order valence-corrected chi connectivity index (χ2v) is 16.1. The predicted octanol–water partition coefficient (Wildman–Crippen LogP) is 3.64. The first-order valence-electron chi connectivity index (χ1n) is 13.3. The van der Waals surface area contributed by atoms with Crippen LogP contribution in [0.15, 0.2) is 38.8 Å². The van der Waals surface area contributed by atoms with Gasteiger partial charge >= 0.3 is 0 Å². The van der Waals surface area contributed by atoms with Gasteiger partial charge in [0.2, 0.25) is 0 Å². The number of benzene rings is 1. The summed E-state index contributed by atoms with van der Waals surface area (Å²) in [6.07, 6.45) is 6.04. The minimum atomic E-state index is -4.19. The van der Waals surface area contributed by atoms with Crippen LogP contribution in [0.1, 0.15) is 50.5 Å². The lowest BCUT2D eigenvalue weighted by Gasteiger charge is -2.45. The van der Waals surface area contributed by atoms with Crippen LogP contribution in [0, 0.1) is 23.7 Å². The first kappa shape index (κ1) is 25.9. The van der Waals surface area contributed by atoms with Gasteiger partial charge < -0.3 is 15.3 Å². The fraction of sp³-hybridized carbons (Fsp3) is 0.593. The van der Waals surface area contributed by atoms with E-state index in [1.807, 2.05) is 4.90 Å². The number of aliphatic hydroxyl groups is 1. The Balaban J connectivity index is 1.37. The van der Waals surface area contributed by atoms with Crippen molar-refractivity contribution < 1.29 is 26.9 Å². The van der Waals surface area contributed by atoms with Gasteiger partial charge in [0.05, 0.1) is 5.69 Å². The smallest absolute Gasteiger partial charge is 0.286 e. The maximum absolute atomic E-state index is 14.0. The number of halogens is 1. The lowest BCUT2D eigenvalue weighted by atomic mass is 9.77. The van der Waals surface area contributed by atoms with Crippen molar-refractivity contribution in [1.29, 1.82) is 0 Å². The van der Waals surface area contributed by atoms with Gasteiger partial charge in [-0.3, -0.25) is 9.00 Å². The van der Waals surface area contributed by atoms with E-state index in [4.69, 9.17) is 0 Å². The minimum absolute atomic E-state index is 0.0663. The summed E-state index contributed by atoms with van der Waals surface area (Å²) in [6, 6.07) is 4.56. The Morgan fingerprint density at radius 3 is 2.61 bits per heavy atom. The number of nitrogens with zero attached hydrogens (tertiary/aromatic N) is 2. The number of alkyl halides is 1. The summed E-state index contributed by atoms with van der Waals surface area (Å²) >= 11 is 0. The lowest BCUT2D eigenvalue weighted by Crippen LogP contribution is -2.55. The Morgan fingerprint density at radius 1 is 1.18 bits per heavy atom. The SMILES string of the molecule is C=S(C)(=O)Cc1ccc2c(c1)S(=O)(=O)N=C(C1=C(O)C3C([C@@H]4CC[C@H]3C4)N(CC3CCC(F)CC3)C1=O)N2. The number of anilines is 1. The summed E-state index contributed by atoms with van der Waals surface area (Å²) < 4.78 is 56.4. The van der Waals surface area contributed by atoms with Gasteiger partial charge in [0.15, 0.2) is 5.84 Å². The van der Waals surface area contributed by atoms with Crippen LogP contribution >= 0.6 is 0 Å². The maximum atomic E-state index is 14.0. The highest BCUT2D eigenvalue weighted by atomic mass is 32.2. The molecule has 3 unspecified atom stereocenters. The number of hydrogen-bond donors (Lipinski definition) is 2. The highest BCUT2D eigenvalue weighted by Crippen LogP contribution is 2.55. The standard InChI is InChI=1S/C27H34FN3O5S2/c1-37(2,34)14-16-5-10-20-21(11-16)38(35,36)30-26(29-20)23-25(32)22-17-6-7-18(12-17)24(22)31(27(23)33)13-15-3-8-19(28)9-4-15/h5,10-11,15,17-19,22,24,32H,1,3-4,6-9,12-14H2,2H3,(H,29,30)/t15?,17-,18+,19?,22?,24?,37?/m0/s1. The Hall–Kier alpha value is -2.40. The lowest BCUT2D eigenvalue weighted by molar-refractivity contribution is -0.134. The number of hydrogen-bond acceptors (Lipinski definition) is 6. The average molecular weight is 564 g/mol. The van der Waals surface area contributed by atoms with Gasteiger partial charge in [0.25, 0.3) is 15.9 Å². The summed E-state index contributed by atoms with van der Waals surface area (Å²) in [5.41, 5.74) is 0.733. The van der Waals surface area contributed by atoms with Crippen LogP contribution < -0.4 is 5.32 Å². The largest absolute Gasteiger partial charge is 0.511 e. The second-order valence-electron chi connectivity index (χ2n) is 11.9. The van der Waals surface area contributed by atoms with Gasteiger partial charge in [0, 0.05) is 30.5 Å². The molecule has 0 saturated heterocycles. The molecule has 206 valence electrons. The van der Waals surface area contributed by atoms with Crippen molar-refractivity contribution in [1.82, 2.24) is 4.90 Å². The topological polar surface area (TPSA) is 116 Å². The van der Waals surface area contributed by atoms with Crippen LogP contribution in [-0.4, -0.2) is 65.3 Å². The third-order valence-corrected chi connectivity index (χ3v) is 11.3. The molecule has 1 aromatic carbocycles. The van der Waals surface area contributed by atoms with Crippen molar-refractivity contribution in [3.05, 3.63) is 35.1 Å². The van der Waals surface area contributed by atoms with Crippen LogP contribution in [0.5, 0.6) is 0 Å². The van der Waals surface area contributed by atoms with Crippen LogP contribution in [0.2, 0.25) is 0 Å². The maximum Gasteiger partial charge on any atom is 0.286 e. The van der Waals surface area contributed by atoms with Crippen molar-refractivity contribution in [2.24, 2.45) is 28.1 Å². The highest BCUT2D eigenvalue weighted by molar-refractivity contribution is 7.98. The van der Waals surface area contributed by atoms with E-state index in [2.05, 4.69) is 15.6 Å². The van der Waals surface area contributed by atoms with Crippen molar-refractivity contribution in [3.63, 3.8) is 0 Å². The number of amides is 1. The summed E-state index contributed by atoms with van der Waals surface area (Å²) in [5, 5.41) is 14.5. The number of carbonyl (C=O) groups excluding carboxylic acids is 1. The van der Waals surface area contributed by atoms with Crippen LogP contribution in [0.25, 0.3) is 0 Å². The Morgan fingerprint density at radius 2 is 1.89 bits per heavy atom. The predicted molar refractivity (Wildman–Crippen MR) is 146 cm³/mol. The van der Waals surface area contributed by atoms with Gasteiger partial charge in [-0.25, -0.2) is 4.39 Å². The third kappa shape index (κ3) is 4.45. The summed E-state index contributed by atoms with van der Waals surface area (Å²) in [7, 11) is -6.57. The van der Waals surface area contributed by atoms with Crippen molar-refractivity contribution >= 4 is 42.8 Å². The van der Waals surface area contributed by atoms with Gasteiger partial charge in [-0.2, -0.15) is 8.42 Å². The van der Waals surface area contributed by atoms with Gasteiger partial charge in [-0.1, -0.05) is 6.07 Å². The van der Waals surface area contributed by atoms with Crippen LogP contribution in [0.3, 0.4) is 0 Å². The van der Waals surface area contributed by atoms with E-state index in [1.165, 1.54) is 12.3 Å². The van der Waals surface area contributed by atoms with Crippen LogP contribution in [-0.2, 0) is 30.1 Å². The molecule has 8 nitrogen and oxygen atoms in total. The zero-order valence-electron chi connectivity index (χ0n) is 21.4. The minimum Gasteiger partial charge on any atom is -0.511 e. The molecule has 2 N–H and O–H groups in total. The van der Waals surface area contributed by atoms with E-state index in [9.17, 15) is 26.9 Å². The van der Waals surface area contributed by atoms with Crippen LogP contribution in [0.4, 0.5) is 10.1 Å². The molecule has 1 aromatic rings. The first-order chi connectivity index (χ1) is 17.9. The number of carbonyl (C=O) groups is 1. The van der Waals surface area contributed by atoms with Gasteiger partial charge in [-0.15, -0.1) is 4.40 Å². The monoisotopic (exact) mass is 563 g/mol. The molecule has 2 heterocycles. The number of amidine groups is 1. The number of fused-ring (bicyclic) bond motifs is 6. The molecule has 6 rings (SSSR count). The van der Waals surface area contributed by atoms with Gasteiger partial charge in [0.1, 0.15) is 22.4 Å². The summed E-state index contributed by atoms with van der Waals surface area (Å²) in [5.74, 6) is 3.59. The molecule has 5 atom stereocenters. The molecule has 2 aliphatic heterocycles. The molecular formula is C27H34FN3O5S2. The summed E-state index contributed by atoms with van der Waals surface area (Å²) in [4.78, 5) is 15.8. The number of nitrogens with one attached hydrogen (secondary N) is 1. The molecule has 3 saturated carbocycles. The Bertz CT molecular complexity index is 1460. The molecule has 11 heteroatoms. The molecule has 3 fully saturated rings. The molecule has 0 spiro atoms. The first-order valence-corrected chi connectivity index (χ1v) is 17.1. The average Bonchev–Trinajstić information content (AvgIpc) is 3.45. The zero-order valence-corrected chi connectivity index (χ0v) is 23.1. The van der Waals surface area contributed by atoms with Crippen molar-refractivity contribution in [2.75, 3.05) is 18.1 Å². The normalized spacial score (nSPS) is 35.3. The highest BCUT2D eigenvalue weighted by Gasteiger charge is 2.57. The molecule has 38 heavy (non-hydrogen) atoms. The van der Waals surface area contributed by atoms with Crippen molar-refractivity contribution in [3.8, 4) is 0 Å². The van der Waals surface area contributed by atoms with Gasteiger partial charge in [-0.05, 0) is 95.8 Å². The molecule has 0 radical (unpaired) electrons. The fourth-order valence-electron chi connectivity index (χ4n) is 7.41. The zero-order chi connectivity index (χ0) is 27.0. The second kappa shape index (κ2) is 9.08. The molecule has 3 aliphatic carbocycles. The van der Waals surface area contributed by atoms with E-state index in [-0.39, 0.29) is 57.3 Å². The number of rotatable bonds is 5. The summed E-state index contributed by atoms with van der Waals surface area (Å²) in [6.45, 7) is 0.480. The third-order valence-electron chi connectivity index (χ3n) is 9.01. The molecule has 1 amide bonds. The number of sulfonamides is 1. The molecule has 2 bridgehead atoms. The van der Waals surface area contributed by atoms with E-state index >= 15 is 0 Å². The fourth-order valence-corrected chi connectivity index (χ4v) is 9.47. The van der Waals surface area contributed by atoms with E-state index in [1.54, 1.807) is 12.1 Å². The quantitative estimate of drug-likeness (QED) is 0.529. The van der Waals surface area contributed by atoms with E-state index < -0.39 is 31.6 Å². The van der Waals surface area contributed by atoms with Crippen molar-refractivity contribution in [2.45, 2.75) is 67.8 Å². The Labute approximate surface area is 223 Å². The van der Waals surface area contributed by atoms with E-state index in [0.717, 1.165) is 19.3 Å². The molecular weight excluding hydrogens is 529 g/mol. The molecule has 5 aliphatic rings. The Kier molecular flexibility index (Phi) is 6.18. The molecule has 0 aromatic heterocycles. The van der Waals surface area contributed by atoms with E-state index in [0.29, 0.717) is 43.7 Å².